The van der Waals surface area contributed by atoms with Gasteiger partial charge in [0.2, 0.25) is 11.7 Å². The number of piperidine rings is 1. The van der Waals surface area contributed by atoms with E-state index in [1.54, 1.807) is 25.3 Å². The highest BCUT2D eigenvalue weighted by Crippen LogP contribution is 2.43. The number of likely N-dealkylation sites (tertiary alicyclic amines) is 1. The summed E-state index contributed by atoms with van der Waals surface area (Å²) in [6.45, 7) is 1.57. The van der Waals surface area contributed by atoms with Gasteiger partial charge in [-0.05, 0) is 67.4 Å². The Kier molecular flexibility index (Phi) is 8.18. The molecule has 1 aromatic carbocycles. The van der Waals surface area contributed by atoms with Gasteiger partial charge in [-0.25, -0.2) is 4.98 Å². The summed E-state index contributed by atoms with van der Waals surface area (Å²) in [7, 11) is 0. The Morgan fingerprint density at radius 2 is 1.88 bits per heavy atom. The number of carbonyl (C=O) groups excluding carboxylic acids is 2. The summed E-state index contributed by atoms with van der Waals surface area (Å²) >= 11 is 6.10. The number of rotatable bonds is 6. The third-order valence-electron chi connectivity index (χ3n) is 8.77. The highest BCUT2D eigenvalue weighted by Gasteiger charge is 2.48. The molecule has 50 heavy (non-hydrogen) atoms. The number of alkyl halides is 3. The highest BCUT2D eigenvalue weighted by atomic mass is 35.5. The Labute approximate surface area is 284 Å². The van der Waals surface area contributed by atoms with Crippen molar-refractivity contribution in [3.63, 3.8) is 0 Å². The second-order valence-electron chi connectivity index (χ2n) is 11.8. The minimum atomic E-state index is -4.62. The van der Waals surface area contributed by atoms with Crippen molar-refractivity contribution < 1.29 is 27.5 Å². The lowest BCUT2D eigenvalue weighted by atomic mass is 9.85. The van der Waals surface area contributed by atoms with E-state index in [2.05, 4.69) is 30.5 Å². The predicted octanol–water partition coefficient (Wildman–Crippen LogP) is 5.03. The first kappa shape index (κ1) is 33.0. The number of hydrogen-bond acceptors (Lipinski definition) is 10. The SMILES string of the molecule is Cc1cc(-c2nc3n(CC(=O)Nc4ccc(C(F)(F)F)cc4Cl)c4c(c(=O)n3n2)C2(CCN(C(=O)c3ncccc3N=O)CC2)OC4)ccn1. The predicted molar refractivity (Wildman–Crippen MR) is 172 cm³/mol. The van der Waals surface area contributed by atoms with E-state index in [1.165, 1.54) is 27.8 Å². The fourth-order valence-electron chi connectivity index (χ4n) is 6.34. The number of amides is 2. The zero-order valence-corrected chi connectivity index (χ0v) is 26.8. The van der Waals surface area contributed by atoms with Crippen LogP contribution in [0.15, 0.2) is 64.8 Å². The monoisotopic (exact) mass is 707 g/mol. The largest absolute Gasteiger partial charge is 0.416 e. The van der Waals surface area contributed by atoms with Crippen molar-refractivity contribution in [1.29, 1.82) is 0 Å². The molecule has 0 bridgehead atoms. The van der Waals surface area contributed by atoms with Gasteiger partial charge in [0, 0.05) is 36.7 Å². The van der Waals surface area contributed by atoms with E-state index in [-0.39, 0.29) is 71.8 Å². The molecule has 5 aromatic rings. The van der Waals surface area contributed by atoms with Crippen LogP contribution < -0.4 is 10.9 Å². The average molecular weight is 708 g/mol. The standard InChI is InChI=1S/C32H25ClF3N9O5/c1-17-13-18(6-10-37-17)27-40-30-44(15-24(46)39-21-5-4-19(14-20(21)33)32(34,35)36)23-16-50-31(25(23)28(47)45(30)41-27)7-11-43(12-8-31)29(48)26-22(42-49)3-2-9-38-26/h2-6,9-10,13-14H,7-8,11-12,15-16H2,1H3,(H,39,46). The number of ether oxygens (including phenoxy) is 1. The molecule has 1 fully saturated rings. The van der Waals surface area contributed by atoms with Crippen LogP contribution in [0.1, 0.15) is 45.8 Å². The molecular formula is C32H25ClF3N9O5. The number of fused-ring (bicyclic) bond motifs is 3. The summed E-state index contributed by atoms with van der Waals surface area (Å²) < 4.78 is 48.4. The average Bonchev–Trinajstić information content (AvgIpc) is 3.71. The molecule has 1 saturated heterocycles. The molecule has 0 unspecified atom stereocenters. The Morgan fingerprint density at radius 1 is 1.10 bits per heavy atom. The third-order valence-corrected chi connectivity index (χ3v) is 9.08. The second-order valence-corrected chi connectivity index (χ2v) is 12.2. The first-order chi connectivity index (χ1) is 23.9. The molecule has 6 heterocycles. The van der Waals surface area contributed by atoms with Crippen molar-refractivity contribution in [2.75, 3.05) is 18.4 Å². The molecule has 4 aromatic heterocycles. The fourth-order valence-corrected chi connectivity index (χ4v) is 6.56. The summed E-state index contributed by atoms with van der Waals surface area (Å²) in [5, 5.41) is 9.63. The van der Waals surface area contributed by atoms with Gasteiger partial charge in [-0.2, -0.15) is 22.7 Å². The second kappa shape index (κ2) is 12.4. The van der Waals surface area contributed by atoms with Crippen molar-refractivity contribution in [3.05, 3.63) is 103 Å². The molecule has 2 aliphatic heterocycles. The Morgan fingerprint density at radius 3 is 2.58 bits per heavy atom. The molecule has 0 atom stereocenters. The molecule has 2 aliphatic rings. The van der Waals surface area contributed by atoms with Gasteiger partial charge < -0.3 is 19.5 Å². The lowest BCUT2D eigenvalue weighted by Crippen LogP contribution is -2.47. The maximum absolute atomic E-state index is 14.2. The van der Waals surface area contributed by atoms with Crippen LogP contribution in [0.25, 0.3) is 17.2 Å². The normalized spacial score (nSPS) is 15.3. The number of pyridine rings is 2. The molecule has 14 nitrogen and oxygen atoms in total. The maximum atomic E-state index is 14.2. The number of carbonyl (C=O) groups is 2. The maximum Gasteiger partial charge on any atom is 0.416 e. The minimum Gasteiger partial charge on any atom is -0.364 e. The molecule has 1 N–H and O–H groups in total. The van der Waals surface area contributed by atoms with Crippen LogP contribution in [0.3, 0.4) is 0 Å². The molecule has 0 aliphatic carbocycles. The Hall–Kier alpha value is -5.55. The molecule has 2 amide bonds. The first-order valence-corrected chi connectivity index (χ1v) is 15.6. The van der Waals surface area contributed by atoms with Crippen LogP contribution >= 0.6 is 11.6 Å². The summed E-state index contributed by atoms with van der Waals surface area (Å²) in [4.78, 5) is 66.6. The van der Waals surface area contributed by atoms with E-state index in [0.717, 1.165) is 16.6 Å². The van der Waals surface area contributed by atoms with Crippen LogP contribution in [0.2, 0.25) is 5.02 Å². The van der Waals surface area contributed by atoms with Crippen molar-refractivity contribution in [3.8, 4) is 11.4 Å². The number of nitroso groups, excluding NO2 is 1. The van der Waals surface area contributed by atoms with Crippen molar-refractivity contribution >= 4 is 40.6 Å². The van der Waals surface area contributed by atoms with E-state index >= 15 is 0 Å². The minimum absolute atomic E-state index is 0.0317. The van der Waals surface area contributed by atoms with Crippen LogP contribution in [0, 0.1) is 11.8 Å². The number of aryl methyl sites for hydroxylation is 1. The van der Waals surface area contributed by atoms with Crippen molar-refractivity contribution in [2.45, 2.75) is 44.7 Å². The van der Waals surface area contributed by atoms with Crippen LogP contribution in [-0.4, -0.2) is 58.9 Å². The van der Waals surface area contributed by atoms with Gasteiger partial charge in [0.15, 0.2) is 11.5 Å². The molecule has 0 radical (unpaired) electrons. The number of benzene rings is 1. The third kappa shape index (κ3) is 5.77. The lowest BCUT2D eigenvalue weighted by Gasteiger charge is -2.38. The van der Waals surface area contributed by atoms with Gasteiger partial charge in [0.1, 0.15) is 17.8 Å². The zero-order chi connectivity index (χ0) is 35.4. The number of hydrogen-bond donors (Lipinski definition) is 1. The molecule has 18 heteroatoms. The highest BCUT2D eigenvalue weighted by molar-refractivity contribution is 6.33. The van der Waals surface area contributed by atoms with Gasteiger partial charge >= 0.3 is 6.18 Å². The number of halogens is 4. The van der Waals surface area contributed by atoms with E-state index in [4.69, 9.17) is 16.3 Å². The molecule has 256 valence electrons. The molecule has 7 rings (SSSR count). The van der Waals surface area contributed by atoms with E-state index < -0.39 is 41.3 Å². The Bertz CT molecular complexity index is 2260. The molecule has 0 saturated carbocycles. The van der Waals surface area contributed by atoms with E-state index in [9.17, 15) is 32.5 Å². The van der Waals surface area contributed by atoms with Gasteiger partial charge in [-0.1, -0.05) is 11.6 Å². The molecule has 1 spiro atoms. The smallest absolute Gasteiger partial charge is 0.364 e. The van der Waals surface area contributed by atoms with Gasteiger partial charge in [-0.3, -0.25) is 19.4 Å². The summed E-state index contributed by atoms with van der Waals surface area (Å²) in [5.41, 5.74) is -1.00. The van der Waals surface area contributed by atoms with Gasteiger partial charge in [0.05, 0.1) is 34.1 Å². The quantitative estimate of drug-likeness (QED) is 0.238. The number of nitrogens with one attached hydrogen (secondary N) is 1. The van der Waals surface area contributed by atoms with Crippen LogP contribution in [0.5, 0.6) is 0 Å². The van der Waals surface area contributed by atoms with Crippen molar-refractivity contribution in [1.82, 2.24) is 34.0 Å². The number of nitrogens with zero attached hydrogens (tertiary/aromatic N) is 8. The van der Waals surface area contributed by atoms with Crippen LogP contribution in [-0.2, 0) is 34.5 Å². The van der Waals surface area contributed by atoms with E-state index in [0.29, 0.717) is 23.0 Å². The summed E-state index contributed by atoms with van der Waals surface area (Å²) in [6.07, 6.45) is -1.27. The van der Waals surface area contributed by atoms with Gasteiger partial charge in [0.25, 0.3) is 11.5 Å². The Balaban J connectivity index is 1.25. The zero-order valence-electron chi connectivity index (χ0n) is 26.1. The summed E-state index contributed by atoms with van der Waals surface area (Å²) in [5.74, 6) is -0.931. The number of anilines is 1. The van der Waals surface area contributed by atoms with Gasteiger partial charge in [-0.15, -0.1) is 10.0 Å². The molecular weight excluding hydrogens is 683 g/mol. The lowest BCUT2D eigenvalue weighted by molar-refractivity contribution is -0.137. The van der Waals surface area contributed by atoms with E-state index in [1.807, 2.05) is 0 Å². The number of aromatic nitrogens is 6. The summed E-state index contributed by atoms with van der Waals surface area (Å²) in [6, 6.07) is 8.88. The van der Waals surface area contributed by atoms with Crippen LogP contribution in [0.4, 0.5) is 24.5 Å². The fraction of sp³-hybridized carbons (Fsp3) is 0.281. The first-order valence-electron chi connectivity index (χ1n) is 15.2. The van der Waals surface area contributed by atoms with Crippen molar-refractivity contribution in [2.24, 2.45) is 5.18 Å². The topological polar surface area (TPSA) is 166 Å².